The second-order valence-electron chi connectivity index (χ2n) is 10.4. The topological polar surface area (TPSA) is 71.1 Å². The lowest BCUT2D eigenvalue weighted by atomic mass is 9.82. The van der Waals surface area contributed by atoms with Gasteiger partial charge in [0, 0.05) is 6.61 Å². The average molecular weight is 457 g/mol. The molecule has 0 aromatic carbocycles. The lowest BCUT2D eigenvalue weighted by Gasteiger charge is -2.34. The number of hydrogen-bond donors (Lipinski definition) is 0. The molecule has 0 aliphatic heterocycles. The summed E-state index contributed by atoms with van der Waals surface area (Å²) in [6.07, 6.45) is 6.19. The van der Waals surface area contributed by atoms with E-state index in [1.807, 2.05) is 20.8 Å². The minimum atomic E-state index is -0.669. The van der Waals surface area contributed by atoms with Crippen molar-refractivity contribution < 1.29 is 28.5 Å². The zero-order valence-electron chi connectivity index (χ0n) is 21.8. The summed E-state index contributed by atoms with van der Waals surface area (Å²) >= 11 is 0. The number of hydrogen-bond acceptors (Lipinski definition) is 6. The van der Waals surface area contributed by atoms with Crippen molar-refractivity contribution in [2.75, 3.05) is 13.2 Å². The molecule has 0 radical (unpaired) electrons. The van der Waals surface area contributed by atoms with Gasteiger partial charge in [-0.05, 0) is 83.0 Å². The van der Waals surface area contributed by atoms with Crippen molar-refractivity contribution in [3.8, 4) is 0 Å². The van der Waals surface area contributed by atoms with Crippen LogP contribution in [0.5, 0.6) is 0 Å². The van der Waals surface area contributed by atoms with E-state index in [4.69, 9.17) is 18.9 Å². The highest BCUT2D eigenvalue weighted by Crippen LogP contribution is 2.32. The van der Waals surface area contributed by atoms with Gasteiger partial charge in [-0.1, -0.05) is 34.6 Å². The molecular formula is C26H48O6. The molecule has 6 heteroatoms. The maximum Gasteiger partial charge on any atom is 0.319 e. The number of carbonyl (C=O) groups is 2. The summed E-state index contributed by atoms with van der Waals surface area (Å²) in [6, 6.07) is 0. The molecule has 0 aromatic rings. The molecule has 188 valence electrons. The second-order valence-corrected chi connectivity index (χ2v) is 10.4. The lowest BCUT2D eigenvalue weighted by Crippen LogP contribution is -2.32. The molecule has 0 N–H and O–H groups in total. The first-order chi connectivity index (χ1) is 14.9. The van der Waals surface area contributed by atoms with Gasteiger partial charge in [0.2, 0.25) is 0 Å². The van der Waals surface area contributed by atoms with Crippen LogP contribution in [0.15, 0.2) is 0 Å². The molecule has 0 heterocycles. The van der Waals surface area contributed by atoms with E-state index in [0.717, 1.165) is 38.7 Å². The quantitative estimate of drug-likeness (QED) is 0.180. The van der Waals surface area contributed by atoms with Crippen molar-refractivity contribution in [1.29, 1.82) is 0 Å². The molecule has 1 aliphatic rings. The van der Waals surface area contributed by atoms with Gasteiger partial charge in [0.25, 0.3) is 0 Å². The molecule has 1 aliphatic carbocycles. The molecule has 0 saturated heterocycles. The van der Waals surface area contributed by atoms with Crippen LogP contribution in [0.3, 0.4) is 0 Å². The van der Waals surface area contributed by atoms with Crippen LogP contribution >= 0.6 is 0 Å². The summed E-state index contributed by atoms with van der Waals surface area (Å²) < 4.78 is 22.6. The number of rotatable bonds is 14. The third kappa shape index (κ3) is 10.2. The van der Waals surface area contributed by atoms with Gasteiger partial charge in [-0.3, -0.25) is 9.59 Å². The Morgan fingerprint density at radius 2 is 1.31 bits per heavy atom. The van der Waals surface area contributed by atoms with Crippen molar-refractivity contribution in [2.24, 2.45) is 17.3 Å². The van der Waals surface area contributed by atoms with E-state index >= 15 is 0 Å². The molecule has 1 rings (SSSR count). The Bertz CT molecular complexity index is 561. The van der Waals surface area contributed by atoms with Crippen molar-refractivity contribution >= 4 is 11.9 Å². The zero-order valence-corrected chi connectivity index (χ0v) is 21.8. The van der Waals surface area contributed by atoms with Crippen LogP contribution < -0.4 is 0 Å². The van der Waals surface area contributed by atoms with Crippen molar-refractivity contribution in [3.05, 3.63) is 0 Å². The first-order valence-electron chi connectivity index (χ1n) is 12.6. The Morgan fingerprint density at radius 1 is 0.812 bits per heavy atom. The molecule has 0 spiro atoms. The summed E-state index contributed by atoms with van der Waals surface area (Å²) in [7, 11) is 0. The first kappa shape index (κ1) is 28.9. The van der Waals surface area contributed by atoms with E-state index in [0.29, 0.717) is 31.3 Å². The molecule has 32 heavy (non-hydrogen) atoms. The SMILES string of the molecule is CCC(C)(CC)OC(=O)CC(=O)OC(C)OCC1CCC(COC(C)C(C)(C)CC)CC1. The molecule has 0 aromatic heterocycles. The number of carbonyl (C=O) groups excluding carboxylic acids is 2. The van der Waals surface area contributed by atoms with E-state index in [9.17, 15) is 9.59 Å². The van der Waals surface area contributed by atoms with Crippen LogP contribution in [-0.4, -0.2) is 43.1 Å². The Morgan fingerprint density at radius 3 is 1.78 bits per heavy atom. The first-order valence-corrected chi connectivity index (χ1v) is 12.6. The smallest absolute Gasteiger partial charge is 0.319 e. The fourth-order valence-electron chi connectivity index (χ4n) is 3.71. The number of ether oxygens (including phenoxy) is 4. The molecule has 1 fully saturated rings. The van der Waals surface area contributed by atoms with Gasteiger partial charge in [-0.25, -0.2) is 0 Å². The van der Waals surface area contributed by atoms with E-state index in [1.165, 1.54) is 0 Å². The van der Waals surface area contributed by atoms with Crippen molar-refractivity contribution in [3.63, 3.8) is 0 Å². The molecule has 2 atom stereocenters. The molecule has 0 bridgehead atoms. The Labute approximate surface area is 196 Å². The third-order valence-corrected chi connectivity index (χ3v) is 7.57. The predicted octanol–water partition coefficient (Wildman–Crippen LogP) is 6.05. The minimum Gasteiger partial charge on any atom is -0.459 e. The monoisotopic (exact) mass is 456 g/mol. The summed E-state index contributed by atoms with van der Waals surface area (Å²) in [5.74, 6) is -0.0798. The van der Waals surface area contributed by atoms with Gasteiger partial charge < -0.3 is 18.9 Å². The van der Waals surface area contributed by atoms with Gasteiger partial charge in [-0.15, -0.1) is 0 Å². The Hall–Kier alpha value is -1.14. The Balaban J connectivity index is 2.24. The normalized spacial score (nSPS) is 21.6. The van der Waals surface area contributed by atoms with Gasteiger partial charge in [-0.2, -0.15) is 0 Å². The molecular weight excluding hydrogens is 408 g/mol. The highest BCUT2D eigenvalue weighted by atomic mass is 16.7. The maximum absolute atomic E-state index is 12.0. The van der Waals surface area contributed by atoms with Crippen LogP contribution in [0.25, 0.3) is 0 Å². The zero-order chi connectivity index (χ0) is 24.4. The summed E-state index contributed by atoms with van der Waals surface area (Å²) in [5, 5.41) is 0. The highest BCUT2D eigenvalue weighted by Gasteiger charge is 2.28. The van der Waals surface area contributed by atoms with Gasteiger partial charge in [0.15, 0.2) is 6.29 Å². The summed E-state index contributed by atoms with van der Waals surface area (Å²) in [4.78, 5) is 24.0. The molecule has 0 amide bonds. The summed E-state index contributed by atoms with van der Waals surface area (Å²) in [5.41, 5.74) is -0.325. The van der Waals surface area contributed by atoms with Crippen LogP contribution in [0.4, 0.5) is 0 Å². The van der Waals surface area contributed by atoms with Crippen LogP contribution in [-0.2, 0) is 28.5 Å². The van der Waals surface area contributed by atoms with Crippen LogP contribution in [0.1, 0.15) is 107 Å². The van der Waals surface area contributed by atoms with Crippen LogP contribution in [0.2, 0.25) is 0 Å². The maximum atomic E-state index is 12.0. The van der Waals surface area contributed by atoms with Crippen molar-refractivity contribution in [2.45, 2.75) is 125 Å². The fraction of sp³-hybridized carbons (Fsp3) is 0.923. The predicted molar refractivity (Wildman–Crippen MR) is 126 cm³/mol. The second kappa shape index (κ2) is 13.5. The van der Waals surface area contributed by atoms with Gasteiger partial charge in [0.05, 0.1) is 12.7 Å². The van der Waals surface area contributed by atoms with Crippen LogP contribution in [0, 0.1) is 17.3 Å². The van der Waals surface area contributed by atoms with Crippen molar-refractivity contribution in [1.82, 2.24) is 0 Å². The van der Waals surface area contributed by atoms with Gasteiger partial charge in [0.1, 0.15) is 12.0 Å². The van der Waals surface area contributed by atoms with E-state index in [-0.39, 0.29) is 17.9 Å². The molecule has 1 saturated carbocycles. The average Bonchev–Trinajstić information content (AvgIpc) is 2.76. The van der Waals surface area contributed by atoms with E-state index in [1.54, 1.807) is 6.92 Å². The molecule has 2 unspecified atom stereocenters. The lowest BCUT2D eigenvalue weighted by molar-refractivity contribution is -0.182. The molecule has 6 nitrogen and oxygen atoms in total. The standard InChI is InChI=1S/C26H48O6/c1-9-25(6,7)19(4)29-17-21-12-14-22(15-13-21)18-30-20(5)31-23(27)16-24(28)32-26(8,10-2)11-3/h19-22H,9-18H2,1-8H3. The Kier molecular flexibility index (Phi) is 12.2. The van der Waals surface area contributed by atoms with E-state index < -0.39 is 23.8 Å². The third-order valence-electron chi connectivity index (χ3n) is 7.57. The number of esters is 2. The van der Waals surface area contributed by atoms with E-state index in [2.05, 4.69) is 27.7 Å². The largest absolute Gasteiger partial charge is 0.459 e. The summed E-state index contributed by atoms with van der Waals surface area (Å²) in [6.45, 7) is 17.8. The fourth-order valence-corrected chi connectivity index (χ4v) is 3.71. The van der Waals surface area contributed by atoms with Gasteiger partial charge >= 0.3 is 11.9 Å². The highest BCUT2D eigenvalue weighted by molar-refractivity contribution is 5.91. The minimum absolute atomic E-state index is 0.209.